The van der Waals surface area contributed by atoms with Crippen LogP contribution in [-0.4, -0.2) is 17.9 Å². The second kappa shape index (κ2) is 3.90. The molecule has 0 aromatic heterocycles. The second-order valence-corrected chi connectivity index (χ2v) is 3.38. The van der Waals surface area contributed by atoms with Gasteiger partial charge in [-0.1, -0.05) is 6.08 Å². The number of carbonyl (C=O) groups excluding carboxylic acids is 1. The zero-order chi connectivity index (χ0) is 11.7. The maximum atomic E-state index is 12.6. The lowest BCUT2D eigenvalue weighted by atomic mass is 9.93. The number of Topliss-reactive ketones (excluding diaryl/α,β-unsaturated/α-hetero) is 1. The molecule has 0 radical (unpaired) electrons. The molecule has 0 saturated heterocycles. The summed E-state index contributed by atoms with van der Waals surface area (Å²) in [7, 11) is 0. The summed E-state index contributed by atoms with van der Waals surface area (Å²) in [6.07, 6.45) is -3.05. The van der Waals surface area contributed by atoms with Crippen LogP contribution in [0.3, 0.4) is 0 Å². The number of rotatable bonds is 2. The molecule has 0 heterocycles. The van der Waals surface area contributed by atoms with Gasteiger partial charge in [-0.25, -0.2) is 0 Å². The number of ketones is 1. The minimum absolute atomic E-state index is 0.00447. The van der Waals surface area contributed by atoms with E-state index < -0.39 is 23.5 Å². The van der Waals surface area contributed by atoms with Gasteiger partial charge in [-0.3, -0.25) is 4.79 Å². The largest absolute Gasteiger partial charge is 0.461 e. The molecule has 1 aliphatic rings. The first-order valence-electron chi connectivity index (χ1n) is 4.45. The Bertz CT molecular complexity index is 289. The predicted octanol–water partition coefficient (Wildman–Crippen LogP) is 3.25. The molecule has 0 aliphatic heterocycles. The van der Waals surface area contributed by atoms with Gasteiger partial charge in [-0.2, -0.15) is 22.0 Å². The number of allylic oxidation sites excluding steroid dienone is 2. The highest BCUT2D eigenvalue weighted by atomic mass is 19.4. The lowest BCUT2D eigenvalue weighted by Gasteiger charge is -2.21. The van der Waals surface area contributed by atoms with Gasteiger partial charge in [0, 0.05) is 0 Å². The van der Waals surface area contributed by atoms with E-state index in [0.717, 1.165) is 0 Å². The third kappa shape index (κ3) is 2.35. The highest BCUT2D eigenvalue weighted by Crippen LogP contribution is 2.39. The van der Waals surface area contributed by atoms with E-state index in [-0.39, 0.29) is 6.42 Å². The first-order valence-corrected chi connectivity index (χ1v) is 4.45. The number of halogens is 5. The number of carbonyl (C=O) groups is 1. The molecular weight excluding hydrogens is 219 g/mol. The molecular formula is C9H9F5O. The zero-order valence-corrected chi connectivity index (χ0v) is 7.70. The third-order valence-corrected chi connectivity index (χ3v) is 2.22. The van der Waals surface area contributed by atoms with Crippen molar-refractivity contribution in [1.82, 2.24) is 0 Å². The standard InChI is InChI=1S/C9H9F5O/c10-8(11,9(12,13)14)7(15)6-4-2-1-3-5-6/h4H,1-3,5H2. The Hall–Kier alpha value is -0.940. The maximum absolute atomic E-state index is 12.6. The van der Waals surface area contributed by atoms with Crippen molar-refractivity contribution in [3.8, 4) is 0 Å². The summed E-state index contributed by atoms with van der Waals surface area (Å²) in [4.78, 5) is 10.9. The zero-order valence-electron chi connectivity index (χ0n) is 7.70. The Morgan fingerprint density at radius 3 is 2.13 bits per heavy atom. The summed E-state index contributed by atoms with van der Waals surface area (Å²) in [5, 5.41) is 0. The Morgan fingerprint density at radius 2 is 1.73 bits per heavy atom. The van der Waals surface area contributed by atoms with Crippen LogP contribution in [0.15, 0.2) is 11.6 Å². The van der Waals surface area contributed by atoms with E-state index in [1.54, 1.807) is 0 Å². The van der Waals surface area contributed by atoms with Gasteiger partial charge < -0.3 is 0 Å². The molecule has 0 spiro atoms. The first kappa shape index (κ1) is 12.1. The number of alkyl halides is 5. The lowest BCUT2D eigenvalue weighted by Crippen LogP contribution is -2.44. The van der Waals surface area contributed by atoms with Gasteiger partial charge in [0.15, 0.2) is 0 Å². The Labute approximate surface area is 83.0 Å². The van der Waals surface area contributed by atoms with E-state index in [1.165, 1.54) is 6.08 Å². The minimum atomic E-state index is -5.80. The summed E-state index contributed by atoms with van der Waals surface area (Å²) in [5.74, 6) is -7.36. The van der Waals surface area contributed by atoms with Crippen LogP contribution in [0.2, 0.25) is 0 Å². The van der Waals surface area contributed by atoms with E-state index in [2.05, 4.69) is 0 Å². The highest BCUT2D eigenvalue weighted by molar-refractivity contribution is 6.01. The maximum Gasteiger partial charge on any atom is 0.461 e. The van der Waals surface area contributed by atoms with E-state index in [1.807, 2.05) is 0 Å². The van der Waals surface area contributed by atoms with Crippen molar-refractivity contribution in [2.45, 2.75) is 37.8 Å². The van der Waals surface area contributed by atoms with Crippen LogP contribution < -0.4 is 0 Å². The van der Waals surface area contributed by atoms with E-state index >= 15 is 0 Å². The molecule has 0 amide bonds. The van der Waals surface area contributed by atoms with Crippen molar-refractivity contribution in [3.63, 3.8) is 0 Å². The monoisotopic (exact) mass is 228 g/mol. The van der Waals surface area contributed by atoms with E-state index in [4.69, 9.17) is 0 Å². The summed E-state index contributed by atoms with van der Waals surface area (Å²) < 4.78 is 60.7. The summed E-state index contributed by atoms with van der Waals surface area (Å²) >= 11 is 0. The minimum Gasteiger partial charge on any atom is -0.287 e. The molecule has 0 fully saturated rings. The topological polar surface area (TPSA) is 17.1 Å². The van der Waals surface area contributed by atoms with Crippen LogP contribution >= 0.6 is 0 Å². The lowest BCUT2D eigenvalue weighted by molar-refractivity contribution is -0.267. The van der Waals surface area contributed by atoms with Gasteiger partial charge in [0.2, 0.25) is 5.78 Å². The second-order valence-electron chi connectivity index (χ2n) is 3.38. The first-order chi connectivity index (χ1) is 6.77. The molecule has 6 heteroatoms. The van der Waals surface area contributed by atoms with Gasteiger partial charge in [-0.05, 0) is 31.3 Å². The normalized spacial score (nSPS) is 18.6. The van der Waals surface area contributed by atoms with Gasteiger partial charge >= 0.3 is 12.1 Å². The molecule has 1 rings (SSSR count). The highest BCUT2D eigenvalue weighted by Gasteiger charge is 2.63. The molecule has 0 atom stereocenters. The van der Waals surface area contributed by atoms with Crippen LogP contribution in [0.4, 0.5) is 22.0 Å². The van der Waals surface area contributed by atoms with E-state index in [0.29, 0.717) is 19.3 Å². The molecule has 86 valence electrons. The fourth-order valence-corrected chi connectivity index (χ4v) is 1.37. The molecule has 1 aliphatic carbocycles. The van der Waals surface area contributed by atoms with Crippen molar-refractivity contribution in [2.75, 3.05) is 0 Å². The Kier molecular flexibility index (Phi) is 3.16. The fourth-order valence-electron chi connectivity index (χ4n) is 1.37. The summed E-state index contributed by atoms with van der Waals surface area (Å²) in [6.45, 7) is 0. The Morgan fingerprint density at radius 1 is 1.13 bits per heavy atom. The molecule has 0 aromatic rings. The molecule has 0 N–H and O–H groups in total. The summed E-state index contributed by atoms with van der Waals surface area (Å²) in [5.41, 5.74) is -0.399. The average Bonchev–Trinajstić information content (AvgIpc) is 2.16. The van der Waals surface area contributed by atoms with Gasteiger partial charge in [0.1, 0.15) is 0 Å². The van der Waals surface area contributed by atoms with Gasteiger partial charge in [0.25, 0.3) is 0 Å². The van der Waals surface area contributed by atoms with Crippen LogP contribution in [0.1, 0.15) is 25.7 Å². The van der Waals surface area contributed by atoms with Crippen molar-refractivity contribution in [3.05, 3.63) is 11.6 Å². The van der Waals surface area contributed by atoms with Gasteiger partial charge in [-0.15, -0.1) is 0 Å². The van der Waals surface area contributed by atoms with Crippen molar-refractivity contribution in [2.24, 2.45) is 0 Å². The molecule has 15 heavy (non-hydrogen) atoms. The SMILES string of the molecule is O=C(C1=CCCCC1)C(F)(F)C(F)(F)F. The van der Waals surface area contributed by atoms with Crippen molar-refractivity contribution in [1.29, 1.82) is 0 Å². The molecule has 0 bridgehead atoms. The average molecular weight is 228 g/mol. The fraction of sp³-hybridized carbons (Fsp3) is 0.667. The van der Waals surface area contributed by atoms with Crippen LogP contribution in [-0.2, 0) is 4.79 Å². The van der Waals surface area contributed by atoms with Gasteiger partial charge in [0.05, 0.1) is 0 Å². The number of hydrogen-bond acceptors (Lipinski definition) is 1. The van der Waals surface area contributed by atoms with E-state index in [9.17, 15) is 26.7 Å². The molecule has 0 saturated carbocycles. The van der Waals surface area contributed by atoms with Crippen LogP contribution in [0.25, 0.3) is 0 Å². The molecule has 0 aromatic carbocycles. The van der Waals surface area contributed by atoms with Crippen LogP contribution in [0.5, 0.6) is 0 Å². The Balaban J connectivity index is 2.88. The third-order valence-electron chi connectivity index (χ3n) is 2.22. The van der Waals surface area contributed by atoms with Crippen LogP contribution in [0, 0.1) is 0 Å². The van der Waals surface area contributed by atoms with Crippen molar-refractivity contribution >= 4 is 5.78 Å². The quantitative estimate of drug-likeness (QED) is 0.663. The summed E-state index contributed by atoms with van der Waals surface area (Å²) in [6, 6.07) is 0. The number of hydrogen-bond donors (Lipinski definition) is 0. The smallest absolute Gasteiger partial charge is 0.287 e. The van der Waals surface area contributed by atoms with Crippen molar-refractivity contribution < 1.29 is 26.7 Å². The predicted molar refractivity (Wildman–Crippen MR) is 42.6 cm³/mol. The molecule has 0 unspecified atom stereocenters. The molecule has 1 nitrogen and oxygen atoms in total.